The average Bonchev–Trinajstić information content (AvgIpc) is 2.82. The second-order valence-corrected chi connectivity index (χ2v) is 5.04. The zero-order valence-corrected chi connectivity index (χ0v) is 11.3. The predicted octanol–water partition coefficient (Wildman–Crippen LogP) is 2.53. The second kappa shape index (κ2) is 6.76. The van der Waals surface area contributed by atoms with Gasteiger partial charge in [-0.3, -0.25) is 0 Å². The molecule has 1 fully saturated rings. The summed E-state index contributed by atoms with van der Waals surface area (Å²) in [5.74, 6) is 0.946. The first-order valence-electron chi connectivity index (χ1n) is 6.79. The first-order chi connectivity index (χ1) is 8.74. The molecule has 1 N–H and O–H groups in total. The molecule has 1 aromatic carbocycles. The van der Waals surface area contributed by atoms with Crippen LogP contribution in [0.25, 0.3) is 0 Å². The van der Waals surface area contributed by atoms with Crippen LogP contribution < -0.4 is 10.1 Å². The van der Waals surface area contributed by atoms with E-state index in [1.807, 2.05) is 12.1 Å². The van der Waals surface area contributed by atoms with Crippen LogP contribution in [0.1, 0.15) is 25.3 Å². The Labute approximate surface area is 109 Å². The van der Waals surface area contributed by atoms with Crippen molar-refractivity contribution < 1.29 is 9.47 Å². The van der Waals surface area contributed by atoms with Gasteiger partial charge in [0.05, 0.1) is 6.10 Å². The maximum absolute atomic E-state index is 5.86. The summed E-state index contributed by atoms with van der Waals surface area (Å²) in [5, 5.41) is 3.41. The van der Waals surface area contributed by atoms with Crippen molar-refractivity contribution in [2.24, 2.45) is 0 Å². The fourth-order valence-corrected chi connectivity index (χ4v) is 2.22. The van der Waals surface area contributed by atoms with Gasteiger partial charge in [-0.05, 0) is 44.4 Å². The number of aryl methyl sites for hydroxylation is 1. The first-order valence-corrected chi connectivity index (χ1v) is 6.79. The second-order valence-electron chi connectivity index (χ2n) is 5.04. The Bertz CT molecular complexity index is 361. The topological polar surface area (TPSA) is 30.5 Å². The molecule has 0 bridgehead atoms. The molecule has 1 heterocycles. The molecule has 100 valence electrons. The maximum Gasteiger partial charge on any atom is 0.120 e. The quantitative estimate of drug-likeness (QED) is 0.840. The third kappa shape index (κ3) is 4.31. The number of benzene rings is 1. The molecule has 0 spiro atoms. The highest BCUT2D eigenvalue weighted by Gasteiger charge is 2.15. The van der Waals surface area contributed by atoms with E-state index in [9.17, 15) is 0 Å². The molecule has 0 radical (unpaired) electrons. The molecule has 3 nitrogen and oxygen atoms in total. The summed E-state index contributed by atoms with van der Waals surface area (Å²) >= 11 is 0. The summed E-state index contributed by atoms with van der Waals surface area (Å²) in [5.41, 5.74) is 1.23. The highest BCUT2D eigenvalue weighted by molar-refractivity contribution is 5.27. The number of hydrogen-bond acceptors (Lipinski definition) is 3. The Kier molecular flexibility index (Phi) is 5.02. The molecule has 0 aromatic heterocycles. The molecular weight excluding hydrogens is 226 g/mol. The molecule has 0 aliphatic carbocycles. The Morgan fingerprint density at radius 1 is 1.50 bits per heavy atom. The monoisotopic (exact) mass is 249 g/mol. The van der Waals surface area contributed by atoms with Gasteiger partial charge in [-0.25, -0.2) is 0 Å². The van der Waals surface area contributed by atoms with Crippen molar-refractivity contribution in [2.75, 3.05) is 19.7 Å². The number of ether oxygens (including phenoxy) is 2. The average molecular weight is 249 g/mol. The minimum Gasteiger partial charge on any atom is -0.489 e. The molecule has 3 heteroatoms. The van der Waals surface area contributed by atoms with Crippen LogP contribution >= 0.6 is 0 Å². The van der Waals surface area contributed by atoms with Crippen LogP contribution in [0.3, 0.4) is 0 Å². The van der Waals surface area contributed by atoms with Crippen LogP contribution in [0.4, 0.5) is 0 Å². The minimum absolute atomic E-state index is 0.174. The van der Waals surface area contributed by atoms with Crippen LogP contribution in [-0.2, 0) is 4.74 Å². The standard InChI is InChI=1S/C15H23NO2/c1-12-5-3-6-14(9-12)18-13(2)10-16-11-15-7-4-8-17-15/h3,5-6,9,13,15-16H,4,7-8,10-11H2,1-2H3. The van der Waals surface area contributed by atoms with E-state index in [4.69, 9.17) is 9.47 Å². The molecule has 2 rings (SSSR count). The molecule has 0 amide bonds. The summed E-state index contributed by atoms with van der Waals surface area (Å²) in [4.78, 5) is 0. The van der Waals surface area contributed by atoms with Gasteiger partial charge in [0.15, 0.2) is 0 Å². The predicted molar refractivity (Wildman–Crippen MR) is 73.1 cm³/mol. The van der Waals surface area contributed by atoms with Crippen molar-refractivity contribution >= 4 is 0 Å². The van der Waals surface area contributed by atoms with E-state index in [0.717, 1.165) is 25.4 Å². The van der Waals surface area contributed by atoms with Gasteiger partial charge in [-0.15, -0.1) is 0 Å². The van der Waals surface area contributed by atoms with Crippen LogP contribution in [0, 0.1) is 6.92 Å². The molecule has 1 saturated heterocycles. The summed E-state index contributed by atoms with van der Waals surface area (Å²) in [6.07, 6.45) is 2.95. The van der Waals surface area contributed by atoms with Crippen LogP contribution in [0.2, 0.25) is 0 Å². The van der Waals surface area contributed by atoms with E-state index >= 15 is 0 Å². The molecule has 2 unspecified atom stereocenters. The van der Waals surface area contributed by atoms with E-state index in [1.54, 1.807) is 0 Å². The lowest BCUT2D eigenvalue weighted by Gasteiger charge is -2.17. The SMILES string of the molecule is Cc1cccc(OC(C)CNCC2CCCO2)c1. The van der Waals surface area contributed by atoms with Crippen LogP contribution in [0.5, 0.6) is 5.75 Å². The van der Waals surface area contributed by atoms with Crippen molar-refractivity contribution in [3.63, 3.8) is 0 Å². The van der Waals surface area contributed by atoms with Crippen molar-refractivity contribution in [3.8, 4) is 5.75 Å². The smallest absolute Gasteiger partial charge is 0.120 e. The van der Waals surface area contributed by atoms with Crippen LogP contribution in [-0.4, -0.2) is 31.9 Å². The van der Waals surface area contributed by atoms with E-state index in [-0.39, 0.29) is 6.10 Å². The van der Waals surface area contributed by atoms with E-state index < -0.39 is 0 Å². The number of rotatable bonds is 6. The largest absolute Gasteiger partial charge is 0.489 e. The lowest BCUT2D eigenvalue weighted by atomic mass is 10.2. The van der Waals surface area contributed by atoms with Gasteiger partial charge in [0.1, 0.15) is 11.9 Å². The van der Waals surface area contributed by atoms with Gasteiger partial charge in [0.25, 0.3) is 0 Å². The van der Waals surface area contributed by atoms with Gasteiger partial charge >= 0.3 is 0 Å². The van der Waals surface area contributed by atoms with Gasteiger partial charge in [-0.2, -0.15) is 0 Å². The molecule has 1 aromatic rings. The molecule has 1 aliphatic rings. The maximum atomic E-state index is 5.86. The van der Waals surface area contributed by atoms with E-state index in [0.29, 0.717) is 6.10 Å². The van der Waals surface area contributed by atoms with Gasteiger partial charge < -0.3 is 14.8 Å². The Hall–Kier alpha value is -1.06. The normalized spacial score (nSPS) is 20.9. The summed E-state index contributed by atoms with van der Waals surface area (Å²) in [6.45, 7) is 6.87. The minimum atomic E-state index is 0.174. The van der Waals surface area contributed by atoms with Gasteiger partial charge in [0.2, 0.25) is 0 Å². The molecule has 18 heavy (non-hydrogen) atoms. The lowest BCUT2D eigenvalue weighted by molar-refractivity contribution is 0.106. The molecular formula is C15H23NO2. The number of hydrogen-bond donors (Lipinski definition) is 1. The third-order valence-corrected chi connectivity index (χ3v) is 3.15. The third-order valence-electron chi connectivity index (χ3n) is 3.15. The zero-order chi connectivity index (χ0) is 12.8. The highest BCUT2D eigenvalue weighted by Crippen LogP contribution is 2.14. The fourth-order valence-electron chi connectivity index (χ4n) is 2.22. The molecule has 1 aliphatic heterocycles. The molecule has 0 saturated carbocycles. The summed E-state index contributed by atoms with van der Waals surface area (Å²) in [7, 11) is 0. The fraction of sp³-hybridized carbons (Fsp3) is 0.600. The van der Waals surface area contributed by atoms with Gasteiger partial charge in [-0.1, -0.05) is 12.1 Å². The lowest BCUT2D eigenvalue weighted by Crippen LogP contribution is -2.34. The van der Waals surface area contributed by atoms with Crippen molar-refractivity contribution in [1.29, 1.82) is 0 Å². The highest BCUT2D eigenvalue weighted by atomic mass is 16.5. The van der Waals surface area contributed by atoms with E-state index in [1.165, 1.54) is 18.4 Å². The zero-order valence-electron chi connectivity index (χ0n) is 11.3. The Morgan fingerprint density at radius 2 is 2.39 bits per heavy atom. The Morgan fingerprint density at radius 3 is 3.11 bits per heavy atom. The summed E-state index contributed by atoms with van der Waals surface area (Å²) in [6, 6.07) is 8.17. The summed E-state index contributed by atoms with van der Waals surface area (Å²) < 4.78 is 11.4. The van der Waals surface area contributed by atoms with E-state index in [2.05, 4.69) is 31.3 Å². The van der Waals surface area contributed by atoms with Crippen molar-refractivity contribution in [3.05, 3.63) is 29.8 Å². The Balaban J connectivity index is 1.66. The van der Waals surface area contributed by atoms with Crippen molar-refractivity contribution in [2.45, 2.75) is 38.9 Å². The number of nitrogens with one attached hydrogen (secondary N) is 1. The molecule has 2 atom stereocenters. The van der Waals surface area contributed by atoms with Gasteiger partial charge in [0, 0.05) is 19.7 Å². The first kappa shape index (κ1) is 13.4. The van der Waals surface area contributed by atoms with Crippen LogP contribution in [0.15, 0.2) is 24.3 Å². The van der Waals surface area contributed by atoms with Crippen molar-refractivity contribution in [1.82, 2.24) is 5.32 Å².